The second-order valence-electron chi connectivity index (χ2n) is 9.91. The number of benzene rings is 3. The summed E-state index contributed by atoms with van der Waals surface area (Å²) in [4.78, 5) is 38.9. The zero-order valence-corrected chi connectivity index (χ0v) is 23.5. The molecule has 0 saturated heterocycles. The number of nitrogens with one attached hydrogen (secondary N) is 3. The van der Waals surface area contributed by atoms with Gasteiger partial charge in [0.2, 0.25) is 21.8 Å². The number of carbonyl (C=O) groups excluding carboxylic acids is 2. The van der Waals surface area contributed by atoms with Gasteiger partial charge in [0.25, 0.3) is 0 Å². The van der Waals surface area contributed by atoms with Crippen molar-refractivity contribution in [2.24, 2.45) is 5.92 Å². The van der Waals surface area contributed by atoms with Gasteiger partial charge in [-0.1, -0.05) is 50.2 Å². The lowest BCUT2D eigenvalue weighted by molar-refractivity contribution is -0.138. The first-order valence-electron chi connectivity index (χ1n) is 12.6. The summed E-state index contributed by atoms with van der Waals surface area (Å²) in [6.07, 6.45) is -0.0827. The number of fused-ring (bicyclic) bond motifs is 1. The molecule has 11 nitrogen and oxygen atoms in total. The van der Waals surface area contributed by atoms with E-state index in [1.807, 2.05) is 31.1 Å². The number of amides is 2. The first-order valence-corrected chi connectivity index (χ1v) is 14.1. The fraction of sp³-hybridized carbons (Fsp3) is 0.321. The standard InChI is InChI=1S/C28H34N4O7S/c1-17(2)26(28(37)29-16-25(34)35)30-27(36)22(15-18-11-13-19(33)14-12-18)31-40(38,39)24-10-6-7-20-21(24)8-5-9-23(20)32(3)4/h5-14,17,22,26,31,33H,15-16H2,1-4H3,(H,29,37)(H,30,36)(H,34,35). The van der Waals surface area contributed by atoms with Crippen molar-refractivity contribution in [3.63, 3.8) is 0 Å². The van der Waals surface area contributed by atoms with Crippen LogP contribution in [0.4, 0.5) is 5.69 Å². The van der Waals surface area contributed by atoms with Gasteiger partial charge in [-0.15, -0.1) is 0 Å². The van der Waals surface area contributed by atoms with Gasteiger partial charge in [0.1, 0.15) is 24.4 Å². The van der Waals surface area contributed by atoms with E-state index in [1.165, 1.54) is 18.2 Å². The molecule has 0 fully saturated rings. The van der Waals surface area contributed by atoms with Crippen molar-refractivity contribution < 1.29 is 33.0 Å². The monoisotopic (exact) mass is 570 g/mol. The minimum absolute atomic E-state index is 0.00718. The van der Waals surface area contributed by atoms with Crippen LogP contribution in [0, 0.1) is 5.92 Å². The third-order valence-corrected chi connectivity index (χ3v) is 7.81. The third-order valence-electron chi connectivity index (χ3n) is 6.28. The van der Waals surface area contributed by atoms with Gasteiger partial charge in [-0.25, -0.2) is 8.42 Å². The van der Waals surface area contributed by atoms with Gasteiger partial charge in [-0.3, -0.25) is 14.4 Å². The second kappa shape index (κ2) is 12.8. The number of phenolic OH excluding ortho intramolecular Hbond substituents is 1. The number of phenols is 1. The number of hydrogen-bond donors (Lipinski definition) is 5. The molecule has 214 valence electrons. The van der Waals surface area contributed by atoms with Crippen LogP contribution in [0.25, 0.3) is 10.8 Å². The fourth-order valence-corrected chi connectivity index (χ4v) is 5.67. The maximum Gasteiger partial charge on any atom is 0.322 e. The number of rotatable bonds is 12. The topological polar surface area (TPSA) is 165 Å². The summed E-state index contributed by atoms with van der Waals surface area (Å²) < 4.78 is 30.0. The molecule has 0 radical (unpaired) electrons. The molecular weight excluding hydrogens is 536 g/mol. The van der Waals surface area contributed by atoms with Crippen molar-refractivity contribution in [1.82, 2.24) is 15.4 Å². The molecule has 3 aromatic rings. The van der Waals surface area contributed by atoms with Gasteiger partial charge in [-0.2, -0.15) is 4.72 Å². The summed E-state index contributed by atoms with van der Waals surface area (Å²) in [5.74, 6) is -3.14. The average molecular weight is 571 g/mol. The molecule has 40 heavy (non-hydrogen) atoms. The molecule has 0 aliphatic carbocycles. The molecule has 12 heteroatoms. The van der Waals surface area contributed by atoms with Crippen LogP contribution in [0.2, 0.25) is 0 Å². The van der Waals surface area contributed by atoms with Crippen molar-refractivity contribution in [3.8, 4) is 5.75 Å². The van der Waals surface area contributed by atoms with Gasteiger partial charge in [0, 0.05) is 30.6 Å². The van der Waals surface area contributed by atoms with E-state index in [0.717, 1.165) is 5.69 Å². The maximum absolute atomic E-state index is 13.7. The molecule has 0 bridgehead atoms. The molecule has 0 heterocycles. The Kier molecular flexibility index (Phi) is 9.72. The van der Waals surface area contributed by atoms with Gasteiger partial charge >= 0.3 is 5.97 Å². The van der Waals surface area contributed by atoms with Gasteiger partial charge in [0.05, 0.1) is 4.90 Å². The normalized spacial score (nSPS) is 13.0. The molecule has 3 aromatic carbocycles. The zero-order valence-electron chi connectivity index (χ0n) is 22.7. The molecule has 3 rings (SSSR count). The number of sulfonamides is 1. The van der Waals surface area contributed by atoms with Gasteiger partial charge in [-0.05, 0) is 42.2 Å². The number of anilines is 1. The molecule has 0 aliphatic heterocycles. The van der Waals surface area contributed by atoms with Crippen LogP contribution in [0.5, 0.6) is 5.75 Å². The summed E-state index contributed by atoms with van der Waals surface area (Å²) in [5, 5.41) is 24.6. The lowest BCUT2D eigenvalue weighted by Gasteiger charge is -2.25. The highest BCUT2D eigenvalue weighted by Gasteiger charge is 2.32. The van der Waals surface area contributed by atoms with E-state index in [2.05, 4.69) is 15.4 Å². The Bertz CT molecular complexity index is 1490. The molecule has 2 unspecified atom stereocenters. The van der Waals surface area contributed by atoms with E-state index in [-0.39, 0.29) is 17.1 Å². The first-order chi connectivity index (χ1) is 18.8. The van der Waals surface area contributed by atoms with E-state index in [1.54, 1.807) is 44.2 Å². The molecule has 0 spiro atoms. The predicted octanol–water partition coefficient (Wildman–Crippen LogP) is 1.84. The number of aliphatic carboxylic acids is 1. The Morgan fingerprint density at radius 2 is 1.52 bits per heavy atom. The third kappa shape index (κ3) is 7.48. The largest absolute Gasteiger partial charge is 0.508 e. The number of hydrogen-bond acceptors (Lipinski definition) is 7. The molecule has 5 N–H and O–H groups in total. The summed E-state index contributed by atoms with van der Waals surface area (Å²) in [6, 6.07) is 13.7. The summed E-state index contributed by atoms with van der Waals surface area (Å²) in [5.41, 5.74) is 1.38. The molecule has 2 atom stereocenters. The number of carboxylic acids is 1. The minimum Gasteiger partial charge on any atom is -0.508 e. The molecule has 2 amide bonds. The van der Waals surface area contributed by atoms with Crippen molar-refractivity contribution in [3.05, 3.63) is 66.2 Å². The summed E-state index contributed by atoms with van der Waals surface area (Å²) in [7, 11) is -0.554. The number of carbonyl (C=O) groups is 3. The molecular formula is C28H34N4O7S. The van der Waals surface area contributed by atoms with E-state index in [0.29, 0.717) is 16.3 Å². The van der Waals surface area contributed by atoms with E-state index in [9.17, 15) is 27.9 Å². The van der Waals surface area contributed by atoms with E-state index >= 15 is 0 Å². The highest BCUT2D eigenvalue weighted by Crippen LogP contribution is 2.30. The van der Waals surface area contributed by atoms with Crippen LogP contribution in [-0.4, -0.2) is 69.1 Å². The quantitative estimate of drug-likeness (QED) is 0.220. The number of nitrogens with zero attached hydrogens (tertiary/aromatic N) is 1. The van der Waals surface area contributed by atoms with Crippen LogP contribution in [-0.2, 0) is 30.8 Å². The first kappa shape index (κ1) is 30.4. The Morgan fingerprint density at radius 3 is 2.12 bits per heavy atom. The summed E-state index contributed by atoms with van der Waals surface area (Å²) in [6.45, 7) is 2.71. The maximum atomic E-state index is 13.7. The lowest BCUT2D eigenvalue weighted by Crippen LogP contribution is -2.56. The fourth-order valence-electron chi connectivity index (χ4n) is 4.26. The predicted molar refractivity (Wildman–Crippen MR) is 152 cm³/mol. The van der Waals surface area contributed by atoms with E-state index in [4.69, 9.17) is 5.11 Å². The molecule has 0 aromatic heterocycles. The summed E-state index contributed by atoms with van der Waals surface area (Å²) >= 11 is 0. The number of aromatic hydroxyl groups is 1. The molecule has 0 aliphatic rings. The smallest absolute Gasteiger partial charge is 0.322 e. The van der Waals surface area contributed by atoms with Crippen molar-refractivity contribution in [1.29, 1.82) is 0 Å². The Balaban J connectivity index is 1.98. The highest BCUT2D eigenvalue weighted by molar-refractivity contribution is 7.89. The SMILES string of the molecule is CC(C)C(NC(=O)C(Cc1ccc(O)cc1)NS(=O)(=O)c1cccc2c(N(C)C)cccc12)C(=O)NCC(=O)O. The Hall–Kier alpha value is -4.16. The van der Waals surface area contributed by atoms with Crippen molar-refractivity contribution in [2.75, 3.05) is 25.5 Å². The zero-order chi connectivity index (χ0) is 29.6. The minimum atomic E-state index is -4.26. The second-order valence-corrected chi connectivity index (χ2v) is 11.6. The highest BCUT2D eigenvalue weighted by atomic mass is 32.2. The van der Waals surface area contributed by atoms with Gasteiger partial charge in [0.15, 0.2) is 0 Å². The van der Waals surface area contributed by atoms with Crippen molar-refractivity contribution >= 4 is 44.3 Å². The lowest BCUT2D eigenvalue weighted by atomic mass is 10.0. The van der Waals surface area contributed by atoms with Crippen LogP contribution in [0.1, 0.15) is 19.4 Å². The van der Waals surface area contributed by atoms with Crippen LogP contribution in [0.3, 0.4) is 0 Å². The van der Waals surface area contributed by atoms with E-state index < -0.39 is 52.4 Å². The Morgan fingerprint density at radius 1 is 0.900 bits per heavy atom. The van der Waals surface area contributed by atoms with Crippen molar-refractivity contribution in [2.45, 2.75) is 37.2 Å². The molecule has 0 saturated carbocycles. The van der Waals surface area contributed by atoms with Crippen LogP contribution in [0.15, 0.2) is 65.6 Å². The number of carboxylic acid groups (broad SMARTS) is 1. The van der Waals surface area contributed by atoms with Crippen LogP contribution < -0.4 is 20.3 Å². The van der Waals surface area contributed by atoms with Crippen LogP contribution >= 0.6 is 0 Å². The Labute approximate surface area is 233 Å². The van der Waals surface area contributed by atoms with Gasteiger partial charge < -0.3 is 25.7 Å². The average Bonchev–Trinajstić information content (AvgIpc) is 2.89.